The highest BCUT2D eigenvalue weighted by Gasteiger charge is 2.53. The Bertz CT molecular complexity index is 355. The van der Waals surface area contributed by atoms with Crippen molar-refractivity contribution in [2.75, 3.05) is 0 Å². The number of allylic oxidation sites excluding steroid dienone is 1. The van der Waals surface area contributed by atoms with Crippen LogP contribution in [0.1, 0.15) is 54.4 Å². The second kappa shape index (κ2) is 4.09. The van der Waals surface area contributed by atoms with Gasteiger partial charge in [0, 0.05) is 0 Å². The fourth-order valence-electron chi connectivity index (χ4n) is 2.50. The van der Waals surface area contributed by atoms with Gasteiger partial charge in [-0.2, -0.15) is 0 Å². The maximum absolute atomic E-state index is 10.2. The standard InChI is InChI=1S/C14H25BO3/c1-12(2)8-7-11(16)10(9-12)15-17-13(3,4)14(5,6)18-15/h9,11,16H,7-8H2,1-6H3. The van der Waals surface area contributed by atoms with E-state index in [1.807, 2.05) is 27.7 Å². The summed E-state index contributed by atoms with van der Waals surface area (Å²) in [6.07, 6.45) is 3.47. The molecule has 1 N–H and O–H groups in total. The SMILES string of the molecule is CC1(C)C=C(B2OC(C)(C)C(C)(C)O2)C(O)CC1. The maximum Gasteiger partial charge on any atom is 0.492 e. The van der Waals surface area contributed by atoms with Gasteiger partial charge >= 0.3 is 7.12 Å². The third-order valence-electron chi connectivity index (χ3n) is 4.53. The van der Waals surface area contributed by atoms with Crippen LogP contribution in [0.25, 0.3) is 0 Å². The predicted molar refractivity (Wildman–Crippen MR) is 73.2 cm³/mol. The number of aliphatic hydroxyl groups is 1. The van der Waals surface area contributed by atoms with E-state index in [1.165, 1.54) is 0 Å². The lowest BCUT2D eigenvalue weighted by Crippen LogP contribution is -2.41. The average Bonchev–Trinajstić information content (AvgIpc) is 2.40. The van der Waals surface area contributed by atoms with Crippen molar-refractivity contribution in [1.82, 2.24) is 0 Å². The summed E-state index contributed by atoms with van der Waals surface area (Å²) in [6.45, 7) is 12.5. The lowest BCUT2D eigenvalue weighted by atomic mass is 9.65. The van der Waals surface area contributed by atoms with E-state index < -0.39 is 13.2 Å². The zero-order valence-electron chi connectivity index (χ0n) is 12.4. The molecule has 0 radical (unpaired) electrons. The Labute approximate surface area is 111 Å². The number of aliphatic hydroxyl groups excluding tert-OH is 1. The Kier molecular flexibility index (Phi) is 3.20. The molecular formula is C14H25BO3. The predicted octanol–water partition coefficient (Wildman–Crippen LogP) is 2.73. The van der Waals surface area contributed by atoms with E-state index in [1.54, 1.807) is 0 Å². The van der Waals surface area contributed by atoms with Crippen LogP contribution < -0.4 is 0 Å². The quantitative estimate of drug-likeness (QED) is 0.729. The van der Waals surface area contributed by atoms with Crippen LogP contribution in [0.5, 0.6) is 0 Å². The van der Waals surface area contributed by atoms with Crippen LogP contribution in [0.4, 0.5) is 0 Å². The molecule has 0 amide bonds. The van der Waals surface area contributed by atoms with Crippen molar-refractivity contribution >= 4 is 7.12 Å². The molecule has 1 unspecified atom stereocenters. The number of rotatable bonds is 1. The maximum atomic E-state index is 10.2. The van der Waals surface area contributed by atoms with E-state index >= 15 is 0 Å². The summed E-state index contributed by atoms with van der Waals surface area (Å²) in [7, 11) is -0.412. The first-order valence-electron chi connectivity index (χ1n) is 6.80. The van der Waals surface area contributed by atoms with Gasteiger partial charge in [-0.15, -0.1) is 0 Å². The van der Waals surface area contributed by atoms with E-state index in [-0.39, 0.29) is 16.6 Å². The summed E-state index contributed by atoms with van der Waals surface area (Å²) < 4.78 is 12.0. The summed E-state index contributed by atoms with van der Waals surface area (Å²) in [6, 6.07) is 0. The molecule has 3 nitrogen and oxygen atoms in total. The van der Waals surface area contributed by atoms with E-state index in [4.69, 9.17) is 9.31 Å². The molecule has 0 aromatic carbocycles. The van der Waals surface area contributed by atoms with E-state index in [0.717, 1.165) is 18.3 Å². The highest BCUT2D eigenvalue weighted by Crippen LogP contribution is 2.42. The smallest absolute Gasteiger partial charge is 0.400 e. The van der Waals surface area contributed by atoms with Gasteiger partial charge in [0.05, 0.1) is 17.3 Å². The largest absolute Gasteiger partial charge is 0.492 e. The van der Waals surface area contributed by atoms with E-state index in [9.17, 15) is 5.11 Å². The molecule has 0 spiro atoms. The number of hydrogen-bond acceptors (Lipinski definition) is 3. The summed E-state index contributed by atoms with van der Waals surface area (Å²) in [5, 5.41) is 10.2. The third-order valence-corrected chi connectivity index (χ3v) is 4.53. The summed E-state index contributed by atoms with van der Waals surface area (Å²) in [5.74, 6) is 0. The molecule has 0 aromatic rings. The van der Waals surface area contributed by atoms with Gasteiger partial charge in [-0.25, -0.2) is 0 Å². The van der Waals surface area contributed by atoms with Gasteiger partial charge in [0.15, 0.2) is 0 Å². The van der Waals surface area contributed by atoms with Gasteiger partial charge in [-0.3, -0.25) is 0 Å². The van der Waals surface area contributed by atoms with Crippen molar-refractivity contribution in [1.29, 1.82) is 0 Å². The molecule has 1 aliphatic heterocycles. The van der Waals surface area contributed by atoms with E-state index in [0.29, 0.717) is 0 Å². The molecule has 1 heterocycles. The van der Waals surface area contributed by atoms with Crippen molar-refractivity contribution < 1.29 is 14.4 Å². The molecule has 2 aliphatic rings. The molecule has 0 aromatic heterocycles. The van der Waals surface area contributed by atoms with Crippen LogP contribution in [-0.4, -0.2) is 29.5 Å². The molecule has 18 heavy (non-hydrogen) atoms. The van der Waals surface area contributed by atoms with Crippen molar-refractivity contribution in [3.63, 3.8) is 0 Å². The Morgan fingerprint density at radius 1 is 1.11 bits per heavy atom. The monoisotopic (exact) mass is 252 g/mol. The summed E-state index contributed by atoms with van der Waals surface area (Å²) >= 11 is 0. The Morgan fingerprint density at radius 2 is 1.61 bits per heavy atom. The minimum Gasteiger partial charge on any atom is -0.400 e. The molecule has 1 fully saturated rings. The lowest BCUT2D eigenvalue weighted by molar-refractivity contribution is 0.00578. The minimum absolute atomic E-state index is 0.109. The third kappa shape index (κ3) is 2.38. The molecular weight excluding hydrogens is 227 g/mol. The molecule has 102 valence electrons. The number of hydrogen-bond donors (Lipinski definition) is 1. The van der Waals surface area contributed by atoms with Crippen LogP contribution in [0, 0.1) is 5.41 Å². The second-order valence-electron chi connectivity index (χ2n) is 7.28. The van der Waals surface area contributed by atoms with Crippen molar-refractivity contribution in [3.8, 4) is 0 Å². The van der Waals surface area contributed by atoms with Crippen molar-refractivity contribution in [2.45, 2.75) is 71.7 Å². The second-order valence-corrected chi connectivity index (χ2v) is 7.28. The highest BCUT2D eigenvalue weighted by atomic mass is 16.7. The van der Waals surface area contributed by atoms with Crippen LogP contribution in [-0.2, 0) is 9.31 Å². The van der Waals surface area contributed by atoms with Gasteiger partial charge in [-0.05, 0) is 51.4 Å². The van der Waals surface area contributed by atoms with E-state index in [2.05, 4.69) is 19.9 Å². The van der Waals surface area contributed by atoms with Gasteiger partial charge in [-0.1, -0.05) is 19.9 Å². The lowest BCUT2D eigenvalue weighted by Gasteiger charge is -2.32. The van der Waals surface area contributed by atoms with Crippen LogP contribution >= 0.6 is 0 Å². The van der Waals surface area contributed by atoms with Gasteiger partial charge in [0.2, 0.25) is 0 Å². The van der Waals surface area contributed by atoms with Gasteiger partial charge < -0.3 is 14.4 Å². The Morgan fingerprint density at radius 3 is 2.11 bits per heavy atom. The van der Waals surface area contributed by atoms with Crippen LogP contribution in [0.2, 0.25) is 0 Å². The molecule has 1 aliphatic carbocycles. The molecule has 0 saturated carbocycles. The first-order chi connectivity index (χ1) is 8.04. The Balaban J connectivity index is 2.26. The summed E-state index contributed by atoms with van der Waals surface area (Å²) in [5.41, 5.74) is 0.308. The molecule has 0 bridgehead atoms. The summed E-state index contributed by atoms with van der Waals surface area (Å²) in [4.78, 5) is 0. The fourth-order valence-corrected chi connectivity index (χ4v) is 2.50. The molecule has 2 rings (SSSR count). The fraction of sp³-hybridized carbons (Fsp3) is 0.857. The van der Waals surface area contributed by atoms with Crippen molar-refractivity contribution in [2.24, 2.45) is 5.41 Å². The zero-order valence-corrected chi connectivity index (χ0v) is 12.4. The van der Waals surface area contributed by atoms with Crippen molar-refractivity contribution in [3.05, 3.63) is 11.5 Å². The average molecular weight is 252 g/mol. The minimum atomic E-state index is -0.437. The first kappa shape index (κ1) is 14.1. The normalized spacial score (nSPS) is 33.4. The highest BCUT2D eigenvalue weighted by molar-refractivity contribution is 6.55. The molecule has 1 atom stereocenters. The molecule has 1 saturated heterocycles. The molecule has 4 heteroatoms. The van der Waals surface area contributed by atoms with Crippen LogP contribution in [0.3, 0.4) is 0 Å². The first-order valence-corrected chi connectivity index (χ1v) is 6.80. The van der Waals surface area contributed by atoms with Gasteiger partial charge in [0.1, 0.15) is 0 Å². The zero-order chi connectivity index (χ0) is 13.8. The van der Waals surface area contributed by atoms with Crippen LogP contribution in [0.15, 0.2) is 11.5 Å². The Hall–Kier alpha value is -0.315. The van der Waals surface area contributed by atoms with Gasteiger partial charge in [0.25, 0.3) is 0 Å². The topological polar surface area (TPSA) is 38.7 Å².